The molecule has 1 rings (SSSR count). The highest BCUT2D eigenvalue weighted by atomic mass is 127. The molecular weight excluding hydrogens is 419 g/mol. The van der Waals surface area contributed by atoms with Gasteiger partial charge in [-0.1, -0.05) is 19.4 Å². The molecule has 132 valence electrons. The maximum absolute atomic E-state index is 12.3. The first-order valence-electron chi connectivity index (χ1n) is 7.31. The normalized spacial score (nSPS) is 11.1. The minimum Gasteiger partial charge on any atom is -0.490 e. The van der Waals surface area contributed by atoms with Gasteiger partial charge in [-0.3, -0.25) is 0 Å². The Bertz CT molecular complexity index is 488. The van der Waals surface area contributed by atoms with Crippen LogP contribution in [0.25, 0.3) is 0 Å². The van der Waals surface area contributed by atoms with Crippen LogP contribution in [0.5, 0.6) is 11.5 Å². The predicted molar refractivity (Wildman–Crippen MR) is 97.9 cm³/mol. The molecule has 0 aromatic heterocycles. The van der Waals surface area contributed by atoms with E-state index in [-0.39, 0.29) is 35.5 Å². The molecule has 0 amide bonds. The second-order valence-corrected chi connectivity index (χ2v) is 4.57. The quantitative estimate of drug-likeness (QED) is 0.265. The maximum Gasteiger partial charge on any atom is 0.387 e. The van der Waals surface area contributed by atoms with Gasteiger partial charge in [0, 0.05) is 6.54 Å². The fourth-order valence-electron chi connectivity index (χ4n) is 1.74. The molecule has 1 aromatic carbocycles. The van der Waals surface area contributed by atoms with Crippen LogP contribution >= 0.6 is 24.0 Å². The number of ether oxygens (including phenoxy) is 2. The van der Waals surface area contributed by atoms with Crippen molar-refractivity contribution >= 4 is 29.9 Å². The van der Waals surface area contributed by atoms with Crippen LogP contribution in [0.2, 0.25) is 0 Å². The van der Waals surface area contributed by atoms with Crippen LogP contribution in [0.1, 0.15) is 32.3 Å². The minimum absolute atomic E-state index is 0. The number of hydrogen-bond donors (Lipinski definition) is 2. The Hall–Kier alpha value is -1.32. The van der Waals surface area contributed by atoms with Gasteiger partial charge in [0.15, 0.2) is 17.5 Å². The summed E-state index contributed by atoms with van der Waals surface area (Å²) in [4.78, 5) is 4.20. The number of aliphatic imine (C=N–C) groups is 1. The molecule has 23 heavy (non-hydrogen) atoms. The number of hydrogen-bond acceptors (Lipinski definition) is 3. The third-order valence-corrected chi connectivity index (χ3v) is 2.79. The zero-order chi connectivity index (χ0) is 16.4. The van der Waals surface area contributed by atoms with Crippen LogP contribution in [-0.4, -0.2) is 25.7 Å². The van der Waals surface area contributed by atoms with E-state index in [1.165, 1.54) is 6.07 Å². The molecule has 0 heterocycles. The second kappa shape index (κ2) is 12.1. The van der Waals surface area contributed by atoms with Gasteiger partial charge in [0.1, 0.15) is 0 Å². The van der Waals surface area contributed by atoms with Gasteiger partial charge in [0.25, 0.3) is 0 Å². The van der Waals surface area contributed by atoms with E-state index >= 15 is 0 Å². The van der Waals surface area contributed by atoms with Gasteiger partial charge in [0.2, 0.25) is 0 Å². The topological polar surface area (TPSA) is 68.9 Å². The van der Waals surface area contributed by atoms with E-state index in [0.717, 1.165) is 24.9 Å². The number of nitrogens with one attached hydrogen (secondary N) is 1. The summed E-state index contributed by atoms with van der Waals surface area (Å²) in [6, 6.07) is 4.73. The van der Waals surface area contributed by atoms with Crippen molar-refractivity contribution in [3.05, 3.63) is 23.8 Å². The van der Waals surface area contributed by atoms with Crippen molar-refractivity contribution in [3.63, 3.8) is 0 Å². The van der Waals surface area contributed by atoms with Crippen LogP contribution in [0.4, 0.5) is 8.78 Å². The Balaban J connectivity index is 0.00000484. The number of benzene rings is 1. The van der Waals surface area contributed by atoms with E-state index in [2.05, 4.69) is 22.0 Å². The summed E-state index contributed by atoms with van der Waals surface area (Å²) in [7, 11) is 0. The summed E-state index contributed by atoms with van der Waals surface area (Å²) in [6.07, 6.45) is 2.09. The summed E-state index contributed by atoms with van der Waals surface area (Å²) in [5.74, 6) is 0.644. The van der Waals surface area contributed by atoms with Crippen LogP contribution in [-0.2, 0) is 6.54 Å². The van der Waals surface area contributed by atoms with Crippen LogP contribution in [0.3, 0.4) is 0 Å². The highest BCUT2D eigenvalue weighted by molar-refractivity contribution is 14.0. The molecule has 0 saturated carbocycles. The number of nitrogens with zero attached hydrogens (tertiary/aromatic N) is 1. The lowest BCUT2D eigenvalue weighted by Crippen LogP contribution is -2.32. The van der Waals surface area contributed by atoms with E-state index in [1.807, 2.05) is 0 Å². The number of guanidine groups is 1. The van der Waals surface area contributed by atoms with Gasteiger partial charge >= 0.3 is 6.61 Å². The van der Waals surface area contributed by atoms with Crippen molar-refractivity contribution < 1.29 is 18.3 Å². The summed E-state index contributed by atoms with van der Waals surface area (Å²) >= 11 is 0. The molecule has 1 aromatic rings. The van der Waals surface area contributed by atoms with E-state index < -0.39 is 6.61 Å². The fourth-order valence-corrected chi connectivity index (χ4v) is 1.74. The van der Waals surface area contributed by atoms with Crippen molar-refractivity contribution in [1.29, 1.82) is 0 Å². The Morgan fingerprint density at radius 2 is 2.04 bits per heavy atom. The lowest BCUT2D eigenvalue weighted by Gasteiger charge is -2.12. The molecule has 3 N–H and O–H groups in total. The van der Waals surface area contributed by atoms with Gasteiger partial charge in [0.05, 0.1) is 13.2 Å². The molecule has 0 spiro atoms. The molecular formula is C15H24F2IN3O2. The van der Waals surface area contributed by atoms with E-state index in [9.17, 15) is 8.78 Å². The molecule has 0 aliphatic carbocycles. The van der Waals surface area contributed by atoms with Crippen LogP contribution in [0.15, 0.2) is 23.2 Å². The first-order chi connectivity index (χ1) is 10.6. The average molecular weight is 443 g/mol. The van der Waals surface area contributed by atoms with Gasteiger partial charge < -0.3 is 20.5 Å². The first-order valence-corrected chi connectivity index (χ1v) is 7.31. The maximum atomic E-state index is 12.3. The lowest BCUT2D eigenvalue weighted by molar-refractivity contribution is -0.0514. The second-order valence-electron chi connectivity index (χ2n) is 4.57. The van der Waals surface area contributed by atoms with Crippen LogP contribution < -0.4 is 20.5 Å². The third-order valence-electron chi connectivity index (χ3n) is 2.79. The zero-order valence-electron chi connectivity index (χ0n) is 13.4. The number of halogens is 3. The molecule has 5 nitrogen and oxygen atoms in total. The van der Waals surface area contributed by atoms with Crippen molar-refractivity contribution in [3.8, 4) is 11.5 Å². The number of nitrogens with two attached hydrogens (primary N) is 1. The molecule has 0 atom stereocenters. The minimum atomic E-state index is -2.89. The van der Waals surface area contributed by atoms with Crippen molar-refractivity contribution in [2.45, 2.75) is 39.8 Å². The third kappa shape index (κ3) is 8.77. The van der Waals surface area contributed by atoms with Crippen molar-refractivity contribution in [2.24, 2.45) is 10.7 Å². The Morgan fingerprint density at radius 1 is 1.30 bits per heavy atom. The largest absolute Gasteiger partial charge is 0.490 e. The molecule has 0 radical (unpaired) electrons. The molecule has 0 bridgehead atoms. The fraction of sp³-hybridized carbons (Fsp3) is 0.533. The van der Waals surface area contributed by atoms with Gasteiger partial charge in [-0.25, -0.2) is 4.99 Å². The van der Waals surface area contributed by atoms with Crippen molar-refractivity contribution in [1.82, 2.24) is 5.32 Å². The predicted octanol–water partition coefficient (Wildman–Crippen LogP) is 3.51. The van der Waals surface area contributed by atoms with Crippen LogP contribution in [0, 0.1) is 0 Å². The molecule has 8 heteroatoms. The summed E-state index contributed by atoms with van der Waals surface area (Å²) in [5.41, 5.74) is 6.54. The average Bonchev–Trinajstić information content (AvgIpc) is 2.47. The van der Waals surface area contributed by atoms with Gasteiger partial charge in [-0.2, -0.15) is 8.78 Å². The highest BCUT2D eigenvalue weighted by Gasteiger charge is 2.11. The molecule has 0 aliphatic heterocycles. The first kappa shape index (κ1) is 21.7. The summed E-state index contributed by atoms with van der Waals surface area (Å²) < 4.78 is 34.4. The van der Waals surface area contributed by atoms with E-state index in [4.69, 9.17) is 10.5 Å². The Labute approximate surface area is 152 Å². The molecule has 0 aliphatic rings. The molecule has 0 fully saturated rings. The Morgan fingerprint density at radius 3 is 2.65 bits per heavy atom. The SMILES string of the molecule is CCCCNC(N)=NCc1ccc(OC(F)F)c(OCC)c1.I. The number of alkyl halides is 2. The highest BCUT2D eigenvalue weighted by Crippen LogP contribution is 2.30. The monoisotopic (exact) mass is 443 g/mol. The smallest absolute Gasteiger partial charge is 0.387 e. The van der Waals surface area contributed by atoms with Crippen molar-refractivity contribution in [2.75, 3.05) is 13.2 Å². The standard InChI is InChI=1S/C15H23F2N3O2.HI/c1-3-5-8-19-15(18)20-10-11-6-7-12(22-14(16)17)13(9-11)21-4-2;/h6-7,9,14H,3-5,8,10H2,1-2H3,(H3,18,19,20);1H. The van der Waals surface area contributed by atoms with E-state index in [0.29, 0.717) is 19.1 Å². The molecule has 0 saturated heterocycles. The Kier molecular flexibility index (Phi) is 11.4. The van der Waals surface area contributed by atoms with Gasteiger partial charge in [-0.05, 0) is 31.0 Å². The molecule has 0 unspecified atom stereocenters. The number of unbranched alkanes of at least 4 members (excludes halogenated alkanes) is 1. The number of rotatable bonds is 9. The summed E-state index contributed by atoms with van der Waals surface area (Å²) in [6.45, 7) is 2.44. The lowest BCUT2D eigenvalue weighted by atomic mass is 10.2. The van der Waals surface area contributed by atoms with E-state index in [1.54, 1.807) is 19.1 Å². The summed E-state index contributed by atoms with van der Waals surface area (Å²) in [5, 5.41) is 3.00. The zero-order valence-corrected chi connectivity index (χ0v) is 15.7. The van der Waals surface area contributed by atoms with Gasteiger partial charge in [-0.15, -0.1) is 24.0 Å².